The van der Waals surface area contributed by atoms with Gasteiger partial charge in [-0.05, 0) is 0 Å². The molecule has 1 aliphatic rings. The Balaban J connectivity index is 1.58. The predicted molar refractivity (Wildman–Crippen MR) is 157 cm³/mol. The number of ketones is 1. The fourth-order valence-corrected chi connectivity index (χ4v) is 10.6. The van der Waals surface area contributed by atoms with Crippen molar-refractivity contribution in [3.8, 4) is 11.5 Å². The fourth-order valence-electron chi connectivity index (χ4n) is 4.57. The van der Waals surface area contributed by atoms with E-state index in [-0.39, 0.29) is 21.8 Å². The van der Waals surface area contributed by atoms with E-state index < -0.39 is 35.5 Å². The van der Waals surface area contributed by atoms with Gasteiger partial charge in [0.05, 0.1) is 0 Å². The molecule has 0 fully saturated rings. The molecule has 0 radical (unpaired) electrons. The third-order valence-corrected chi connectivity index (χ3v) is 12.3. The van der Waals surface area contributed by atoms with Gasteiger partial charge in [-0.3, -0.25) is 0 Å². The second-order valence-corrected chi connectivity index (χ2v) is 14.9. The molecule has 40 heavy (non-hydrogen) atoms. The van der Waals surface area contributed by atoms with Crippen LogP contribution in [0.1, 0.15) is 27.0 Å². The Kier molecular flexibility index (Phi) is 7.57. The summed E-state index contributed by atoms with van der Waals surface area (Å²) in [5.41, 5.74) is 10.5. The Hall–Kier alpha value is -4.26. The molecule has 200 valence electrons. The Labute approximate surface area is 237 Å². The number of hydrogen-bond acceptors (Lipinski definition) is 5. The van der Waals surface area contributed by atoms with Crippen molar-refractivity contribution in [1.29, 1.82) is 0 Å². The molecule has 7 nitrogen and oxygen atoms in total. The molecular weight excluding hydrogens is 591 g/mol. The van der Waals surface area contributed by atoms with Crippen molar-refractivity contribution in [2.75, 3.05) is 7.11 Å². The van der Waals surface area contributed by atoms with Gasteiger partial charge in [0.15, 0.2) is 0 Å². The number of hydrogen-bond donors (Lipinski definition) is 0. The molecule has 0 saturated heterocycles. The summed E-state index contributed by atoms with van der Waals surface area (Å²) < 4.78 is 41.9. The fraction of sp³-hybridized carbons (Fsp3) is 0.0968. The van der Waals surface area contributed by atoms with Crippen molar-refractivity contribution in [3.63, 3.8) is 0 Å². The third kappa shape index (κ3) is 5.16. The minimum atomic E-state index is -4.45. The molecule has 0 N–H and O–H groups in total. The van der Waals surface area contributed by atoms with Gasteiger partial charge in [-0.2, -0.15) is 0 Å². The topological polar surface area (TPSA) is 106 Å². The van der Waals surface area contributed by atoms with Crippen molar-refractivity contribution in [3.05, 3.63) is 125 Å². The van der Waals surface area contributed by atoms with Crippen molar-refractivity contribution >= 4 is 53.8 Å². The number of carbonyl (C=O) groups excluding carboxylic acids is 1. The molecule has 0 spiro atoms. The van der Waals surface area contributed by atoms with Gasteiger partial charge in [0.25, 0.3) is 0 Å². The molecule has 0 aliphatic heterocycles. The molecule has 0 heterocycles. The third-order valence-electron chi connectivity index (χ3n) is 6.43. The van der Waals surface area contributed by atoms with Crippen LogP contribution in [0.4, 0.5) is 0 Å². The number of aryl methyl sites for hydroxylation is 2. The molecule has 0 aromatic heterocycles. The number of carbonyl (C=O) groups is 1. The summed E-state index contributed by atoms with van der Waals surface area (Å²) in [5.74, 6) is -0.0285. The van der Waals surface area contributed by atoms with Crippen LogP contribution < -0.4 is 22.3 Å². The van der Waals surface area contributed by atoms with Crippen molar-refractivity contribution in [1.82, 2.24) is 0 Å². The van der Waals surface area contributed by atoms with Gasteiger partial charge >= 0.3 is 238 Å². The number of ether oxygens (including phenoxy) is 1. The molecule has 0 amide bonds. The van der Waals surface area contributed by atoms with Crippen LogP contribution in [0.2, 0.25) is 0 Å². The Bertz CT molecular complexity index is 1750. The molecule has 4 aromatic rings. The van der Waals surface area contributed by atoms with Crippen LogP contribution in [-0.2, 0) is 10.1 Å². The maximum absolute atomic E-state index is 13.7. The van der Waals surface area contributed by atoms with Gasteiger partial charge in [-0.15, -0.1) is 0 Å². The number of allylic oxidation sites excluding steroid dienone is 1. The molecule has 0 atom stereocenters. The summed E-state index contributed by atoms with van der Waals surface area (Å²) in [6.45, 7) is 3.63. The van der Waals surface area contributed by atoms with Gasteiger partial charge < -0.3 is 0 Å². The number of methoxy groups -OCH3 is 1. The SMILES string of the molecule is COc1ccc2c(c1)C(S(=O)(=O)Oc1c(C)cc([Se+](c3ccccc3)c3ccccc3)cc1C)=CC(=[N+]=[N-])C2=O. The number of rotatable bonds is 7. The first kappa shape index (κ1) is 27.3. The average Bonchev–Trinajstić information content (AvgIpc) is 2.96. The van der Waals surface area contributed by atoms with Crippen LogP contribution in [-0.4, -0.2) is 45.7 Å². The van der Waals surface area contributed by atoms with E-state index in [2.05, 4.69) is 29.1 Å². The van der Waals surface area contributed by atoms with Crippen LogP contribution >= 0.6 is 0 Å². The van der Waals surface area contributed by atoms with E-state index in [4.69, 9.17) is 8.92 Å². The zero-order valence-electron chi connectivity index (χ0n) is 22.0. The molecule has 0 unspecified atom stereocenters. The first-order valence-electron chi connectivity index (χ1n) is 12.3. The molecule has 4 aromatic carbocycles. The number of benzene rings is 4. The second kappa shape index (κ2) is 11.1. The first-order valence-corrected chi connectivity index (χ1v) is 16.3. The summed E-state index contributed by atoms with van der Waals surface area (Å²) >= 11 is -1.67. The monoisotopic (exact) mass is 617 g/mol. The molecule has 0 bridgehead atoms. The summed E-state index contributed by atoms with van der Waals surface area (Å²) in [5, 5.41) is 0. The average molecular weight is 617 g/mol. The van der Waals surface area contributed by atoms with E-state index in [1.54, 1.807) is 0 Å². The molecule has 0 saturated carbocycles. The van der Waals surface area contributed by atoms with Gasteiger partial charge in [0, 0.05) is 0 Å². The summed E-state index contributed by atoms with van der Waals surface area (Å²) in [7, 11) is -3.01. The molecule has 9 heteroatoms. The molecule has 1 aliphatic carbocycles. The van der Waals surface area contributed by atoms with Crippen LogP contribution in [0.15, 0.2) is 97.1 Å². The quantitative estimate of drug-likeness (QED) is 0.137. The number of fused-ring (bicyclic) bond motifs is 1. The Morgan fingerprint density at radius 2 is 1.35 bits per heavy atom. The van der Waals surface area contributed by atoms with Crippen molar-refractivity contribution < 1.29 is 26.9 Å². The van der Waals surface area contributed by atoms with Crippen LogP contribution in [0.3, 0.4) is 0 Å². The van der Waals surface area contributed by atoms with E-state index >= 15 is 0 Å². The van der Waals surface area contributed by atoms with Crippen LogP contribution in [0, 0.1) is 13.8 Å². The van der Waals surface area contributed by atoms with E-state index in [0.717, 1.165) is 10.5 Å². The zero-order valence-corrected chi connectivity index (χ0v) is 24.5. The van der Waals surface area contributed by atoms with Gasteiger partial charge in [-0.1, -0.05) is 0 Å². The Morgan fingerprint density at radius 3 is 1.88 bits per heavy atom. The zero-order chi connectivity index (χ0) is 28.4. The predicted octanol–water partition coefficient (Wildman–Crippen LogP) is 3.45. The second-order valence-electron chi connectivity index (χ2n) is 9.09. The van der Waals surface area contributed by atoms with E-state index in [1.165, 1.54) is 34.2 Å². The summed E-state index contributed by atoms with van der Waals surface area (Å²) in [6.07, 6.45) is 1.02. The van der Waals surface area contributed by atoms with Crippen LogP contribution in [0.5, 0.6) is 11.5 Å². The van der Waals surface area contributed by atoms with Crippen molar-refractivity contribution in [2.45, 2.75) is 13.8 Å². The Morgan fingerprint density at radius 1 is 0.775 bits per heavy atom. The number of Topliss-reactive ketones (excluding diaryl/α,β-unsaturated/α-hetero) is 1. The van der Waals surface area contributed by atoms with Gasteiger partial charge in [0.2, 0.25) is 0 Å². The first-order chi connectivity index (χ1) is 19.2. The van der Waals surface area contributed by atoms with Crippen molar-refractivity contribution in [2.24, 2.45) is 0 Å². The standard InChI is InChI=1S/C31H25N2O5SSe/c1-20-16-25(40(23-10-6-4-7-11-23)24-12-8-5-9-13-24)17-21(2)31(20)38-39(35,36)29-19-28(33-32)30(34)26-15-14-22(37-3)18-27(26)29/h4-19H,1-3H3/q+1. The maximum atomic E-state index is 13.7. The van der Waals surface area contributed by atoms with Gasteiger partial charge in [-0.25, -0.2) is 0 Å². The number of nitrogens with zero attached hydrogens (tertiary/aromatic N) is 2. The van der Waals surface area contributed by atoms with Gasteiger partial charge in [0.1, 0.15) is 0 Å². The van der Waals surface area contributed by atoms with E-state index in [1.807, 2.05) is 62.4 Å². The minimum absolute atomic E-state index is 0.0704. The molecular formula is C31H25N2O5SSe+. The normalized spacial score (nSPS) is 12.9. The van der Waals surface area contributed by atoms with E-state index in [9.17, 15) is 18.7 Å². The summed E-state index contributed by atoms with van der Waals surface area (Å²) in [4.78, 5) is 15.4. The van der Waals surface area contributed by atoms with Crippen LogP contribution in [0.25, 0.3) is 10.4 Å². The molecule has 5 rings (SSSR count). The summed E-state index contributed by atoms with van der Waals surface area (Å²) in [6, 6.07) is 29.0. The van der Waals surface area contributed by atoms with E-state index in [0.29, 0.717) is 16.9 Å².